The Balaban J connectivity index is 1.64. The van der Waals surface area contributed by atoms with E-state index in [0.29, 0.717) is 17.1 Å². The largest absolute Gasteiger partial charge is 0.414 e. The third kappa shape index (κ3) is 4.43. The first kappa shape index (κ1) is 20.6. The standard InChI is InChI=1S/C20H18N6O4S/c21-18-17(20-26-25-19(30-20)14-4-2-1-3-5-14)24-16(12-22-18)13-6-8-15(9-7-13)31(28,29)23-10-11-27/h1-9,12,23,27H,10-11H2,(H2,21,22). The summed E-state index contributed by atoms with van der Waals surface area (Å²) in [4.78, 5) is 8.70. The second kappa shape index (κ2) is 8.60. The molecule has 0 atom stereocenters. The van der Waals surface area contributed by atoms with Gasteiger partial charge in [-0.15, -0.1) is 10.2 Å². The van der Waals surface area contributed by atoms with Crippen LogP contribution in [0.4, 0.5) is 5.82 Å². The molecule has 0 unspecified atom stereocenters. The molecule has 0 radical (unpaired) electrons. The molecule has 31 heavy (non-hydrogen) atoms. The Morgan fingerprint density at radius 2 is 1.68 bits per heavy atom. The molecular weight excluding hydrogens is 420 g/mol. The molecule has 2 heterocycles. The van der Waals surface area contributed by atoms with E-state index in [0.717, 1.165) is 5.56 Å². The fourth-order valence-corrected chi connectivity index (χ4v) is 3.80. The Kier molecular flexibility index (Phi) is 5.71. The van der Waals surface area contributed by atoms with Crippen LogP contribution in [0.15, 0.2) is 70.1 Å². The van der Waals surface area contributed by atoms with Gasteiger partial charge < -0.3 is 15.3 Å². The van der Waals surface area contributed by atoms with E-state index in [9.17, 15) is 8.42 Å². The van der Waals surface area contributed by atoms with Crippen LogP contribution in [0.25, 0.3) is 34.3 Å². The zero-order valence-electron chi connectivity index (χ0n) is 16.1. The van der Waals surface area contributed by atoms with Crippen molar-refractivity contribution in [3.63, 3.8) is 0 Å². The molecule has 2 aromatic carbocycles. The van der Waals surface area contributed by atoms with Gasteiger partial charge in [0.05, 0.1) is 23.4 Å². The van der Waals surface area contributed by atoms with E-state index in [2.05, 4.69) is 24.9 Å². The first-order valence-corrected chi connectivity index (χ1v) is 10.7. The molecule has 4 N–H and O–H groups in total. The molecule has 158 valence electrons. The Bertz CT molecular complexity index is 1290. The number of hydrogen-bond acceptors (Lipinski definition) is 9. The zero-order chi connectivity index (χ0) is 21.8. The minimum atomic E-state index is -3.70. The van der Waals surface area contributed by atoms with Crippen LogP contribution in [0, 0.1) is 0 Å². The fraction of sp³-hybridized carbons (Fsp3) is 0.100. The Labute approximate surface area is 177 Å². The third-order valence-electron chi connectivity index (χ3n) is 4.31. The van der Waals surface area contributed by atoms with Crippen LogP contribution in [0.3, 0.4) is 0 Å². The molecule has 2 aromatic heterocycles. The van der Waals surface area contributed by atoms with Crippen LogP contribution in [-0.2, 0) is 10.0 Å². The minimum absolute atomic E-state index is 0.0635. The summed E-state index contributed by atoms with van der Waals surface area (Å²) in [6.07, 6.45) is 1.47. The Morgan fingerprint density at radius 1 is 0.968 bits per heavy atom. The van der Waals surface area contributed by atoms with Crippen molar-refractivity contribution in [2.75, 3.05) is 18.9 Å². The van der Waals surface area contributed by atoms with E-state index < -0.39 is 10.0 Å². The molecule has 10 nitrogen and oxygen atoms in total. The van der Waals surface area contributed by atoms with Gasteiger partial charge >= 0.3 is 0 Å². The number of aromatic nitrogens is 4. The highest BCUT2D eigenvalue weighted by Crippen LogP contribution is 2.28. The number of aliphatic hydroxyl groups is 1. The predicted octanol–water partition coefficient (Wildman–Crippen LogP) is 1.71. The van der Waals surface area contributed by atoms with Crippen LogP contribution in [0.5, 0.6) is 0 Å². The molecule has 0 aliphatic heterocycles. The fourth-order valence-electron chi connectivity index (χ4n) is 2.78. The average molecular weight is 438 g/mol. The summed E-state index contributed by atoms with van der Waals surface area (Å²) in [5.41, 5.74) is 8.03. The molecule has 0 amide bonds. The Hall–Kier alpha value is -3.67. The van der Waals surface area contributed by atoms with Gasteiger partial charge in [-0.1, -0.05) is 30.3 Å². The smallest absolute Gasteiger partial charge is 0.270 e. The summed E-state index contributed by atoms with van der Waals surface area (Å²) in [5.74, 6) is 0.574. The van der Waals surface area contributed by atoms with E-state index in [-0.39, 0.29) is 35.4 Å². The lowest BCUT2D eigenvalue weighted by Gasteiger charge is -2.07. The number of anilines is 1. The number of nitrogens with two attached hydrogens (primary N) is 1. The monoisotopic (exact) mass is 438 g/mol. The van der Waals surface area contributed by atoms with Crippen LogP contribution >= 0.6 is 0 Å². The molecule has 0 saturated carbocycles. The maximum Gasteiger partial charge on any atom is 0.270 e. The molecule has 0 bridgehead atoms. The van der Waals surface area contributed by atoms with Crippen LogP contribution in [-0.4, -0.2) is 46.8 Å². The van der Waals surface area contributed by atoms with Gasteiger partial charge in [0.25, 0.3) is 5.89 Å². The normalized spacial score (nSPS) is 11.5. The maximum atomic E-state index is 12.1. The van der Waals surface area contributed by atoms with Gasteiger partial charge in [0, 0.05) is 17.7 Å². The predicted molar refractivity (Wildman–Crippen MR) is 113 cm³/mol. The van der Waals surface area contributed by atoms with Crippen LogP contribution < -0.4 is 10.5 Å². The van der Waals surface area contributed by atoms with Crippen molar-refractivity contribution in [2.24, 2.45) is 0 Å². The van der Waals surface area contributed by atoms with Gasteiger partial charge in [0.15, 0.2) is 11.5 Å². The minimum Gasteiger partial charge on any atom is -0.414 e. The molecule has 4 rings (SSSR count). The van der Waals surface area contributed by atoms with Crippen molar-refractivity contribution in [2.45, 2.75) is 4.90 Å². The second-order valence-corrected chi connectivity index (χ2v) is 8.18. The van der Waals surface area contributed by atoms with Crippen molar-refractivity contribution in [1.29, 1.82) is 0 Å². The van der Waals surface area contributed by atoms with Gasteiger partial charge in [-0.3, -0.25) is 0 Å². The van der Waals surface area contributed by atoms with Crippen molar-refractivity contribution in [3.8, 4) is 34.3 Å². The van der Waals surface area contributed by atoms with Crippen molar-refractivity contribution >= 4 is 15.8 Å². The van der Waals surface area contributed by atoms with E-state index in [1.165, 1.54) is 18.3 Å². The molecule has 0 saturated heterocycles. The van der Waals surface area contributed by atoms with Gasteiger partial charge in [0.1, 0.15) is 0 Å². The summed E-state index contributed by atoms with van der Waals surface area (Å²) in [5, 5.41) is 16.9. The number of nitrogens with one attached hydrogen (secondary N) is 1. The number of nitrogens with zero attached hydrogens (tertiary/aromatic N) is 4. The quantitative estimate of drug-likeness (QED) is 0.391. The lowest BCUT2D eigenvalue weighted by molar-refractivity contribution is 0.301. The zero-order valence-corrected chi connectivity index (χ0v) is 17.0. The molecule has 0 aliphatic carbocycles. The molecule has 0 aliphatic rings. The molecule has 11 heteroatoms. The van der Waals surface area contributed by atoms with E-state index in [4.69, 9.17) is 15.3 Å². The highest BCUT2D eigenvalue weighted by Gasteiger charge is 2.18. The summed E-state index contributed by atoms with van der Waals surface area (Å²) in [6.45, 7) is -0.352. The first-order chi connectivity index (χ1) is 15.0. The van der Waals surface area contributed by atoms with E-state index >= 15 is 0 Å². The number of nitrogen functional groups attached to an aromatic ring is 1. The van der Waals surface area contributed by atoms with E-state index in [1.807, 2.05) is 30.3 Å². The summed E-state index contributed by atoms with van der Waals surface area (Å²) in [7, 11) is -3.70. The number of sulfonamides is 1. The molecule has 0 spiro atoms. The number of aliphatic hydroxyl groups excluding tert-OH is 1. The second-order valence-electron chi connectivity index (χ2n) is 6.41. The Morgan fingerprint density at radius 3 is 2.39 bits per heavy atom. The van der Waals surface area contributed by atoms with Gasteiger partial charge in [0.2, 0.25) is 15.9 Å². The highest BCUT2D eigenvalue weighted by atomic mass is 32.2. The average Bonchev–Trinajstić information content (AvgIpc) is 3.29. The summed E-state index contributed by atoms with van der Waals surface area (Å²) in [6, 6.07) is 15.4. The lowest BCUT2D eigenvalue weighted by atomic mass is 10.1. The summed E-state index contributed by atoms with van der Waals surface area (Å²) >= 11 is 0. The number of rotatable bonds is 7. The third-order valence-corrected chi connectivity index (χ3v) is 5.79. The first-order valence-electron chi connectivity index (χ1n) is 9.21. The number of benzene rings is 2. The van der Waals surface area contributed by atoms with Gasteiger partial charge in [-0.25, -0.2) is 23.1 Å². The lowest BCUT2D eigenvalue weighted by Crippen LogP contribution is -2.26. The molecule has 0 fully saturated rings. The van der Waals surface area contributed by atoms with Gasteiger partial charge in [-0.05, 0) is 24.3 Å². The van der Waals surface area contributed by atoms with Crippen molar-refractivity contribution in [3.05, 3.63) is 60.8 Å². The highest BCUT2D eigenvalue weighted by molar-refractivity contribution is 7.89. The molecule has 4 aromatic rings. The molecular formula is C20H18N6O4S. The number of hydrogen-bond donors (Lipinski definition) is 3. The van der Waals surface area contributed by atoms with Crippen molar-refractivity contribution in [1.82, 2.24) is 24.9 Å². The summed E-state index contributed by atoms with van der Waals surface area (Å²) < 4.78 is 32.3. The van der Waals surface area contributed by atoms with Crippen LogP contribution in [0.1, 0.15) is 0 Å². The van der Waals surface area contributed by atoms with Crippen molar-refractivity contribution < 1.29 is 17.9 Å². The van der Waals surface area contributed by atoms with E-state index in [1.54, 1.807) is 12.1 Å². The van der Waals surface area contributed by atoms with Gasteiger partial charge in [-0.2, -0.15) is 0 Å². The topological polar surface area (TPSA) is 157 Å². The maximum absolute atomic E-state index is 12.1. The SMILES string of the molecule is Nc1ncc(-c2ccc(S(=O)(=O)NCCO)cc2)nc1-c1nnc(-c2ccccc2)o1. The van der Waals surface area contributed by atoms with Crippen LogP contribution in [0.2, 0.25) is 0 Å².